The Morgan fingerprint density at radius 2 is 2.10 bits per heavy atom. The number of carbonyl (C=O) groups is 1. The highest BCUT2D eigenvalue weighted by molar-refractivity contribution is 9.10. The van der Waals surface area contributed by atoms with E-state index in [0.717, 1.165) is 27.8 Å². The molecule has 3 N–H and O–H groups in total. The monoisotopic (exact) mass is 336 g/mol. The molecule has 5 nitrogen and oxygen atoms in total. The van der Waals surface area contributed by atoms with Gasteiger partial charge in [0.05, 0.1) is 5.69 Å². The quantitative estimate of drug-likeness (QED) is 0.880. The third-order valence-corrected chi connectivity index (χ3v) is 3.55. The van der Waals surface area contributed by atoms with Crippen molar-refractivity contribution in [1.82, 2.24) is 9.78 Å². The van der Waals surface area contributed by atoms with Crippen LogP contribution >= 0.6 is 15.9 Å². The zero-order valence-corrected chi connectivity index (χ0v) is 13.0. The van der Waals surface area contributed by atoms with E-state index >= 15 is 0 Å². The van der Waals surface area contributed by atoms with E-state index in [2.05, 4.69) is 26.3 Å². The van der Waals surface area contributed by atoms with Crippen LogP contribution in [-0.4, -0.2) is 15.7 Å². The summed E-state index contributed by atoms with van der Waals surface area (Å²) in [5.41, 5.74) is 8.07. The number of nitrogens with two attached hydrogens (primary N) is 1. The van der Waals surface area contributed by atoms with Gasteiger partial charge in [0.15, 0.2) is 0 Å². The van der Waals surface area contributed by atoms with Crippen LogP contribution in [-0.2, 0) is 18.3 Å². The summed E-state index contributed by atoms with van der Waals surface area (Å²) in [5.74, 6) is -0.421. The molecule has 106 valence electrons. The van der Waals surface area contributed by atoms with Crippen molar-refractivity contribution in [3.63, 3.8) is 0 Å². The zero-order valence-electron chi connectivity index (χ0n) is 11.4. The maximum absolute atomic E-state index is 11.8. The van der Waals surface area contributed by atoms with E-state index in [1.165, 1.54) is 0 Å². The van der Waals surface area contributed by atoms with E-state index in [1.54, 1.807) is 4.68 Å². The second-order valence-electron chi connectivity index (χ2n) is 4.54. The molecule has 1 unspecified atom stereocenters. The third kappa shape index (κ3) is 3.19. The van der Waals surface area contributed by atoms with E-state index in [-0.39, 0.29) is 0 Å². The first kappa shape index (κ1) is 14.6. The number of aromatic nitrogens is 2. The predicted octanol–water partition coefficient (Wildman–Crippen LogP) is 2.38. The highest BCUT2D eigenvalue weighted by Gasteiger charge is 2.22. The molecule has 1 heterocycles. The molecule has 20 heavy (non-hydrogen) atoms. The molecule has 1 aromatic carbocycles. The van der Waals surface area contributed by atoms with Gasteiger partial charge in [0.1, 0.15) is 6.04 Å². The largest absolute Gasteiger partial charge is 0.370 e. The molecule has 1 aromatic heterocycles. The molecule has 0 saturated heterocycles. The Hall–Kier alpha value is -1.82. The number of hydrogen-bond donors (Lipinski definition) is 2. The van der Waals surface area contributed by atoms with Crippen molar-refractivity contribution in [2.45, 2.75) is 19.4 Å². The first-order valence-electron chi connectivity index (χ1n) is 6.35. The van der Waals surface area contributed by atoms with Gasteiger partial charge >= 0.3 is 0 Å². The minimum atomic E-state index is -0.583. The van der Waals surface area contributed by atoms with Gasteiger partial charge in [-0.25, -0.2) is 0 Å². The van der Waals surface area contributed by atoms with Gasteiger partial charge in [-0.3, -0.25) is 9.48 Å². The van der Waals surface area contributed by atoms with Crippen molar-refractivity contribution in [1.29, 1.82) is 0 Å². The zero-order chi connectivity index (χ0) is 14.7. The molecular weight excluding hydrogens is 320 g/mol. The molecule has 0 fully saturated rings. The summed E-state index contributed by atoms with van der Waals surface area (Å²) < 4.78 is 2.68. The first-order valence-corrected chi connectivity index (χ1v) is 7.14. The Morgan fingerprint density at radius 3 is 2.65 bits per heavy atom. The fraction of sp³-hybridized carbons (Fsp3) is 0.286. The van der Waals surface area contributed by atoms with Gasteiger partial charge in [-0.15, -0.1) is 0 Å². The molecule has 1 amide bonds. The van der Waals surface area contributed by atoms with Crippen LogP contribution in [0.25, 0.3) is 0 Å². The summed E-state index contributed by atoms with van der Waals surface area (Å²) in [6, 6.07) is 7.01. The summed E-state index contributed by atoms with van der Waals surface area (Å²) in [7, 11) is 1.83. The van der Waals surface area contributed by atoms with Gasteiger partial charge in [-0.05, 0) is 30.7 Å². The van der Waals surface area contributed by atoms with Gasteiger partial charge < -0.3 is 11.1 Å². The number of amides is 1. The van der Waals surface area contributed by atoms with Gasteiger partial charge in [0, 0.05) is 29.0 Å². The van der Waals surface area contributed by atoms with Gasteiger partial charge in [0.2, 0.25) is 5.91 Å². The van der Waals surface area contributed by atoms with Gasteiger partial charge in [-0.2, -0.15) is 5.10 Å². The molecular formula is C14H17BrN4O. The van der Waals surface area contributed by atoms with Crippen molar-refractivity contribution in [2.75, 3.05) is 5.32 Å². The summed E-state index contributed by atoms with van der Waals surface area (Å²) in [4.78, 5) is 11.8. The molecule has 0 radical (unpaired) electrons. The van der Waals surface area contributed by atoms with E-state index in [1.807, 2.05) is 44.4 Å². The van der Waals surface area contributed by atoms with Gasteiger partial charge in [-0.1, -0.05) is 22.9 Å². The van der Waals surface area contributed by atoms with E-state index in [9.17, 15) is 4.79 Å². The first-order chi connectivity index (χ1) is 9.51. The van der Waals surface area contributed by atoms with Crippen molar-refractivity contribution in [2.24, 2.45) is 12.8 Å². The lowest BCUT2D eigenvalue weighted by Crippen LogP contribution is -2.28. The molecule has 0 bridgehead atoms. The van der Waals surface area contributed by atoms with Crippen LogP contribution in [0, 0.1) is 0 Å². The van der Waals surface area contributed by atoms with Crippen molar-refractivity contribution in [3.05, 3.63) is 46.2 Å². The minimum Gasteiger partial charge on any atom is -0.370 e. The summed E-state index contributed by atoms with van der Waals surface area (Å²) in [6.45, 7) is 2.00. The minimum absolute atomic E-state index is 0.421. The average molecular weight is 337 g/mol. The van der Waals surface area contributed by atoms with Crippen LogP contribution in [0.15, 0.2) is 34.9 Å². The van der Waals surface area contributed by atoms with Crippen LogP contribution in [0.3, 0.4) is 0 Å². The standard InChI is InChI=1S/C14H17BrN4O/c1-3-12-11(8-19(2)18-12)13(14(16)20)17-10-6-4-9(15)5-7-10/h4-8,13,17H,3H2,1-2H3,(H2,16,20). The summed E-state index contributed by atoms with van der Waals surface area (Å²) in [6.07, 6.45) is 2.59. The Kier molecular flexibility index (Phi) is 4.44. The van der Waals surface area contributed by atoms with Crippen LogP contribution in [0.2, 0.25) is 0 Å². The lowest BCUT2D eigenvalue weighted by molar-refractivity contribution is -0.118. The lowest BCUT2D eigenvalue weighted by atomic mass is 10.1. The number of halogens is 1. The summed E-state index contributed by atoms with van der Waals surface area (Å²) >= 11 is 3.38. The number of rotatable bonds is 5. The molecule has 2 rings (SSSR count). The average Bonchev–Trinajstić information content (AvgIpc) is 2.78. The van der Waals surface area contributed by atoms with Crippen LogP contribution < -0.4 is 11.1 Å². The lowest BCUT2D eigenvalue weighted by Gasteiger charge is -2.16. The molecule has 0 spiro atoms. The SMILES string of the molecule is CCc1nn(C)cc1C(Nc1ccc(Br)cc1)C(N)=O. The molecule has 1 atom stereocenters. The molecule has 2 aromatic rings. The number of hydrogen-bond acceptors (Lipinski definition) is 3. The van der Waals surface area contributed by atoms with Crippen LogP contribution in [0.1, 0.15) is 24.2 Å². The fourth-order valence-electron chi connectivity index (χ4n) is 2.08. The maximum atomic E-state index is 11.8. The number of aryl methyl sites for hydroxylation is 2. The number of primary amides is 1. The number of nitrogens with one attached hydrogen (secondary N) is 1. The molecule has 0 aliphatic heterocycles. The smallest absolute Gasteiger partial charge is 0.244 e. The molecule has 6 heteroatoms. The number of carbonyl (C=O) groups excluding carboxylic acids is 1. The molecule has 0 aliphatic carbocycles. The van der Waals surface area contributed by atoms with Crippen LogP contribution in [0.4, 0.5) is 5.69 Å². The highest BCUT2D eigenvalue weighted by Crippen LogP contribution is 2.23. The molecule has 0 saturated carbocycles. The second kappa shape index (κ2) is 6.09. The topological polar surface area (TPSA) is 72.9 Å². The Bertz CT molecular complexity index is 606. The Labute approximate surface area is 126 Å². The third-order valence-electron chi connectivity index (χ3n) is 3.02. The highest BCUT2D eigenvalue weighted by atomic mass is 79.9. The summed E-state index contributed by atoms with van der Waals surface area (Å²) in [5, 5.41) is 7.51. The van der Waals surface area contributed by atoms with Crippen molar-refractivity contribution < 1.29 is 4.79 Å². The van der Waals surface area contributed by atoms with E-state index < -0.39 is 11.9 Å². The number of benzene rings is 1. The second-order valence-corrected chi connectivity index (χ2v) is 5.46. The Balaban J connectivity index is 2.31. The van der Waals surface area contributed by atoms with Crippen LogP contribution in [0.5, 0.6) is 0 Å². The number of nitrogens with zero attached hydrogens (tertiary/aromatic N) is 2. The predicted molar refractivity (Wildman–Crippen MR) is 82.3 cm³/mol. The van der Waals surface area contributed by atoms with E-state index in [0.29, 0.717) is 0 Å². The number of anilines is 1. The maximum Gasteiger partial charge on any atom is 0.244 e. The Morgan fingerprint density at radius 1 is 1.45 bits per heavy atom. The van der Waals surface area contributed by atoms with Crippen molar-refractivity contribution in [3.8, 4) is 0 Å². The van der Waals surface area contributed by atoms with Gasteiger partial charge in [0.25, 0.3) is 0 Å². The van der Waals surface area contributed by atoms with Crippen molar-refractivity contribution >= 4 is 27.5 Å². The van der Waals surface area contributed by atoms with E-state index in [4.69, 9.17) is 5.73 Å². The molecule has 0 aliphatic rings. The normalized spacial score (nSPS) is 12.2. The fourth-order valence-corrected chi connectivity index (χ4v) is 2.35.